The number of aliphatic carboxylic acids is 1. The zero-order valence-electron chi connectivity index (χ0n) is 12.0. The summed E-state index contributed by atoms with van der Waals surface area (Å²) in [5.41, 5.74) is 5.69. The molecule has 1 rings (SSSR count). The van der Waals surface area contributed by atoms with Gasteiger partial charge in [-0.15, -0.1) is 0 Å². The summed E-state index contributed by atoms with van der Waals surface area (Å²) >= 11 is 0. The topological polar surface area (TPSA) is 83.6 Å². The summed E-state index contributed by atoms with van der Waals surface area (Å²) in [7, 11) is 0. The summed E-state index contributed by atoms with van der Waals surface area (Å²) in [5, 5.41) is 9.18. The van der Waals surface area contributed by atoms with E-state index < -0.39 is 12.0 Å². The van der Waals surface area contributed by atoms with Crippen molar-refractivity contribution in [1.29, 1.82) is 0 Å². The Labute approximate surface area is 115 Å². The van der Waals surface area contributed by atoms with Gasteiger partial charge in [0.25, 0.3) is 0 Å². The molecule has 1 aliphatic heterocycles. The molecule has 0 bridgehead atoms. The first kappa shape index (κ1) is 16.0. The van der Waals surface area contributed by atoms with Crippen LogP contribution in [0, 0.1) is 5.92 Å². The molecule has 0 radical (unpaired) electrons. The maximum absolute atomic E-state index is 12.3. The van der Waals surface area contributed by atoms with Crippen LogP contribution in [0.2, 0.25) is 0 Å². The third-order valence-corrected chi connectivity index (χ3v) is 3.79. The number of likely N-dealkylation sites (tertiary alicyclic amines) is 1. The Morgan fingerprint density at radius 1 is 1.32 bits per heavy atom. The van der Waals surface area contributed by atoms with Gasteiger partial charge in [-0.25, -0.2) is 4.79 Å². The molecule has 110 valence electrons. The SMILES string of the molecule is CC(N)CCCC(C)C(=O)N1CCCC[C@@H]1C(=O)O. The number of nitrogens with zero attached hydrogens (tertiary/aromatic N) is 1. The minimum Gasteiger partial charge on any atom is -0.480 e. The average Bonchev–Trinajstić information content (AvgIpc) is 2.37. The van der Waals surface area contributed by atoms with Crippen LogP contribution in [0.5, 0.6) is 0 Å². The van der Waals surface area contributed by atoms with E-state index in [1.807, 2.05) is 13.8 Å². The van der Waals surface area contributed by atoms with Gasteiger partial charge in [-0.1, -0.05) is 13.3 Å². The lowest BCUT2D eigenvalue weighted by Crippen LogP contribution is -2.49. The molecule has 1 fully saturated rings. The molecule has 5 heteroatoms. The van der Waals surface area contributed by atoms with Gasteiger partial charge in [0.1, 0.15) is 6.04 Å². The molecule has 5 nitrogen and oxygen atoms in total. The lowest BCUT2D eigenvalue weighted by atomic mass is 9.96. The molecule has 0 aliphatic carbocycles. The normalized spacial score (nSPS) is 22.9. The largest absolute Gasteiger partial charge is 0.480 e. The summed E-state index contributed by atoms with van der Waals surface area (Å²) in [6.45, 7) is 4.42. The van der Waals surface area contributed by atoms with Crippen LogP contribution in [0.4, 0.5) is 0 Å². The van der Waals surface area contributed by atoms with Gasteiger partial charge in [-0.2, -0.15) is 0 Å². The molecule has 2 unspecified atom stereocenters. The second-order valence-electron chi connectivity index (χ2n) is 5.69. The monoisotopic (exact) mass is 270 g/mol. The van der Waals surface area contributed by atoms with Crippen LogP contribution in [0.3, 0.4) is 0 Å². The molecule has 3 N–H and O–H groups in total. The predicted molar refractivity (Wildman–Crippen MR) is 73.7 cm³/mol. The van der Waals surface area contributed by atoms with E-state index in [9.17, 15) is 14.7 Å². The fourth-order valence-electron chi connectivity index (χ4n) is 2.60. The molecule has 0 aromatic heterocycles. The number of nitrogens with two attached hydrogens (primary N) is 1. The average molecular weight is 270 g/mol. The van der Waals surface area contributed by atoms with Crippen molar-refractivity contribution < 1.29 is 14.7 Å². The molecular weight excluding hydrogens is 244 g/mol. The van der Waals surface area contributed by atoms with Crippen molar-refractivity contribution in [3.63, 3.8) is 0 Å². The Hall–Kier alpha value is -1.10. The number of carbonyl (C=O) groups is 2. The van der Waals surface area contributed by atoms with Crippen LogP contribution >= 0.6 is 0 Å². The minimum absolute atomic E-state index is 0.0169. The number of hydrogen-bond acceptors (Lipinski definition) is 3. The molecule has 1 amide bonds. The summed E-state index contributed by atoms with van der Waals surface area (Å²) < 4.78 is 0. The van der Waals surface area contributed by atoms with Crippen LogP contribution in [0.15, 0.2) is 0 Å². The number of rotatable bonds is 6. The predicted octanol–water partition coefficient (Wildman–Crippen LogP) is 1.61. The third kappa shape index (κ3) is 4.82. The number of carboxylic acid groups (broad SMARTS) is 1. The Morgan fingerprint density at radius 3 is 2.58 bits per heavy atom. The first-order valence-corrected chi connectivity index (χ1v) is 7.22. The van der Waals surface area contributed by atoms with Gasteiger partial charge in [0.15, 0.2) is 0 Å². The van der Waals surface area contributed by atoms with Gasteiger partial charge < -0.3 is 15.7 Å². The zero-order chi connectivity index (χ0) is 14.4. The van der Waals surface area contributed by atoms with Gasteiger partial charge in [-0.3, -0.25) is 4.79 Å². The van der Waals surface area contributed by atoms with E-state index in [4.69, 9.17) is 5.73 Å². The number of hydrogen-bond donors (Lipinski definition) is 2. The Balaban J connectivity index is 2.51. The van der Waals surface area contributed by atoms with E-state index in [0.29, 0.717) is 13.0 Å². The first-order valence-electron chi connectivity index (χ1n) is 7.22. The molecule has 19 heavy (non-hydrogen) atoms. The van der Waals surface area contributed by atoms with E-state index in [1.54, 1.807) is 4.90 Å². The lowest BCUT2D eigenvalue weighted by molar-refractivity contribution is -0.153. The highest BCUT2D eigenvalue weighted by Gasteiger charge is 2.33. The third-order valence-electron chi connectivity index (χ3n) is 3.79. The summed E-state index contributed by atoms with van der Waals surface area (Å²) in [6, 6.07) is -0.471. The van der Waals surface area contributed by atoms with Crippen molar-refractivity contribution in [1.82, 2.24) is 4.90 Å². The lowest BCUT2D eigenvalue weighted by Gasteiger charge is -2.34. The standard InChI is InChI=1S/C14H26N2O3/c1-10(6-5-7-11(2)15)13(17)16-9-4-3-8-12(16)14(18)19/h10-12H,3-9,15H2,1-2H3,(H,18,19)/t10?,11?,12-/m1/s1. The maximum atomic E-state index is 12.3. The molecule has 1 heterocycles. The highest BCUT2D eigenvalue weighted by molar-refractivity contribution is 5.85. The fourth-order valence-corrected chi connectivity index (χ4v) is 2.60. The molecular formula is C14H26N2O3. The minimum atomic E-state index is -0.879. The molecule has 1 aliphatic rings. The van der Waals surface area contributed by atoms with Crippen LogP contribution in [0.1, 0.15) is 52.4 Å². The van der Waals surface area contributed by atoms with Crippen LogP contribution in [-0.4, -0.2) is 40.5 Å². The van der Waals surface area contributed by atoms with Gasteiger partial charge in [0.2, 0.25) is 5.91 Å². The van der Waals surface area contributed by atoms with Gasteiger partial charge in [-0.05, 0) is 39.0 Å². The quantitative estimate of drug-likeness (QED) is 0.768. The summed E-state index contributed by atoms with van der Waals surface area (Å²) in [5.74, 6) is -1.01. The first-order chi connectivity index (χ1) is 8.93. The number of carboxylic acids is 1. The molecule has 3 atom stereocenters. The second kappa shape index (κ2) is 7.48. The van der Waals surface area contributed by atoms with Gasteiger partial charge >= 0.3 is 5.97 Å². The zero-order valence-corrected chi connectivity index (χ0v) is 12.0. The molecule has 1 saturated heterocycles. The number of piperidine rings is 1. The van der Waals surface area contributed by atoms with E-state index in [2.05, 4.69) is 0 Å². The van der Waals surface area contributed by atoms with Crippen molar-refractivity contribution in [3.05, 3.63) is 0 Å². The number of carbonyl (C=O) groups excluding carboxylic acids is 1. The maximum Gasteiger partial charge on any atom is 0.326 e. The van der Waals surface area contributed by atoms with E-state index >= 15 is 0 Å². The van der Waals surface area contributed by atoms with Crippen molar-refractivity contribution in [3.8, 4) is 0 Å². The number of amides is 1. The fraction of sp³-hybridized carbons (Fsp3) is 0.857. The van der Waals surface area contributed by atoms with Gasteiger partial charge in [0.05, 0.1) is 0 Å². The van der Waals surface area contributed by atoms with Crippen LogP contribution in [-0.2, 0) is 9.59 Å². The molecule has 0 spiro atoms. The second-order valence-corrected chi connectivity index (χ2v) is 5.69. The van der Waals surface area contributed by atoms with E-state index in [0.717, 1.165) is 32.1 Å². The van der Waals surface area contributed by atoms with Crippen molar-refractivity contribution in [2.45, 2.75) is 64.5 Å². The van der Waals surface area contributed by atoms with Crippen LogP contribution in [0.25, 0.3) is 0 Å². The van der Waals surface area contributed by atoms with Crippen molar-refractivity contribution in [2.75, 3.05) is 6.54 Å². The molecule has 0 saturated carbocycles. The van der Waals surface area contributed by atoms with Gasteiger partial charge in [0, 0.05) is 18.5 Å². The Bertz CT molecular complexity index is 318. The van der Waals surface area contributed by atoms with E-state index in [-0.39, 0.29) is 17.9 Å². The van der Waals surface area contributed by atoms with Crippen LogP contribution < -0.4 is 5.73 Å². The molecule has 0 aromatic carbocycles. The van der Waals surface area contributed by atoms with Crippen molar-refractivity contribution in [2.24, 2.45) is 11.7 Å². The summed E-state index contributed by atoms with van der Waals surface area (Å²) in [6.07, 6.45) is 4.97. The highest BCUT2D eigenvalue weighted by atomic mass is 16.4. The highest BCUT2D eigenvalue weighted by Crippen LogP contribution is 2.21. The summed E-state index contributed by atoms with van der Waals surface area (Å²) in [4.78, 5) is 25.1. The van der Waals surface area contributed by atoms with E-state index in [1.165, 1.54) is 0 Å². The Morgan fingerprint density at radius 2 is 2.00 bits per heavy atom. The Kier molecular flexibility index (Phi) is 6.28. The smallest absolute Gasteiger partial charge is 0.326 e. The molecule has 0 aromatic rings. The van der Waals surface area contributed by atoms with Crippen molar-refractivity contribution >= 4 is 11.9 Å².